The standard InChI is InChI=1S/C9H13NO/c1-7-3-4-8(2)9(5-7)11-6-10/h3-5H,6,10H2,1-2H3. The molecule has 1 aromatic rings. The van der Waals surface area contributed by atoms with E-state index < -0.39 is 0 Å². The van der Waals surface area contributed by atoms with Gasteiger partial charge in [-0.15, -0.1) is 0 Å². The average molecular weight is 151 g/mol. The monoisotopic (exact) mass is 151 g/mol. The summed E-state index contributed by atoms with van der Waals surface area (Å²) in [6.45, 7) is 4.28. The van der Waals surface area contributed by atoms with Crippen LogP contribution in [0.3, 0.4) is 0 Å². The lowest BCUT2D eigenvalue weighted by Gasteiger charge is -2.06. The molecule has 0 heterocycles. The van der Waals surface area contributed by atoms with Gasteiger partial charge in [0.15, 0.2) is 0 Å². The summed E-state index contributed by atoms with van der Waals surface area (Å²) in [7, 11) is 0. The zero-order valence-corrected chi connectivity index (χ0v) is 6.92. The van der Waals surface area contributed by atoms with Crippen LogP contribution in [0, 0.1) is 13.8 Å². The van der Waals surface area contributed by atoms with Crippen molar-refractivity contribution in [3.63, 3.8) is 0 Å². The van der Waals surface area contributed by atoms with Gasteiger partial charge in [-0.2, -0.15) is 0 Å². The number of rotatable bonds is 2. The Morgan fingerprint density at radius 2 is 2.09 bits per heavy atom. The third kappa shape index (κ3) is 1.95. The summed E-state index contributed by atoms with van der Waals surface area (Å²) in [4.78, 5) is 0. The molecule has 11 heavy (non-hydrogen) atoms. The second kappa shape index (κ2) is 3.39. The Labute approximate surface area is 67.0 Å². The van der Waals surface area contributed by atoms with E-state index in [9.17, 15) is 0 Å². The van der Waals surface area contributed by atoms with E-state index in [4.69, 9.17) is 10.5 Å². The minimum Gasteiger partial charge on any atom is -0.478 e. The van der Waals surface area contributed by atoms with E-state index in [0.717, 1.165) is 11.3 Å². The molecule has 60 valence electrons. The Bertz CT molecular complexity index is 245. The minimum absolute atomic E-state index is 0.240. The maximum absolute atomic E-state index is 5.26. The van der Waals surface area contributed by atoms with E-state index in [1.54, 1.807) is 0 Å². The molecule has 1 aromatic carbocycles. The second-order valence-electron chi connectivity index (χ2n) is 2.58. The predicted molar refractivity (Wildman–Crippen MR) is 45.6 cm³/mol. The van der Waals surface area contributed by atoms with Crippen LogP contribution >= 0.6 is 0 Å². The maximum Gasteiger partial charge on any atom is 0.137 e. The quantitative estimate of drug-likeness (QED) is 0.651. The summed E-state index contributed by atoms with van der Waals surface area (Å²) in [6.07, 6.45) is 0. The van der Waals surface area contributed by atoms with E-state index in [-0.39, 0.29) is 6.73 Å². The van der Waals surface area contributed by atoms with Crippen molar-refractivity contribution in [1.29, 1.82) is 0 Å². The Balaban J connectivity index is 2.93. The van der Waals surface area contributed by atoms with Crippen molar-refractivity contribution in [3.8, 4) is 5.75 Å². The van der Waals surface area contributed by atoms with Crippen LogP contribution in [0.2, 0.25) is 0 Å². The highest BCUT2D eigenvalue weighted by Gasteiger charge is 1.96. The second-order valence-corrected chi connectivity index (χ2v) is 2.58. The van der Waals surface area contributed by atoms with Gasteiger partial charge >= 0.3 is 0 Å². The smallest absolute Gasteiger partial charge is 0.137 e. The van der Waals surface area contributed by atoms with E-state index in [2.05, 4.69) is 6.07 Å². The summed E-state index contributed by atoms with van der Waals surface area (Å²) in [6, 6.07) is 6.07. The molecule has 0 spiro atoms. The molecule has 0 fully saturated rings. The lowest BCUT2D eigenvalue weighted by molar-refractivity contribution is 0.327. The first-order valence-electron chi connectivity index (χ1n) is 3.64. The summed E-state index contributed by atoms with van der Waals surface area (Å²) >= 11 is 0. The highest BCUT2D eigenvalue weighted by Crippen LogP contribution is 2.18. The van der Waals surface area contributed by atoms with E-state index >= 15 is 0 Å². The highest BCUT2D eigenvalue weighted by molar-refractivity contribution is 5.35. The van der Waals surface area contributed by atoms with Crippen molar-refractivity contribution >= 4 is 0 Å². The first kappa shape index (κ1) is 8.08. The van der Waals surface area contributed by atoms with Gasteiger partial charge in [-0.1, -0.05) is 12.1 Å². The fourth-order valence-electron chi connectivity index (χ4n) is 0.953. The molecule has 0 bridgehead atoms. The zero-order valence-electron chi connectivity index (χ0n) is 6.92. The van der Waals surface area contributed by atoms with Gasteiger partial charge in [-0.3, -0.25) is 5.73 Å². The summed E-state index contributed by atoms with van der Waals surface area (Å²) in [5, 5.41) is 0. The summed E-state index contributed by atoms with van der Waals surface area (Å²) in [5.74, 6) is 0.882. The van der Waals surface area contributed by atoms with E-state index in [1.165, 1.54) is 5.56 Å². The largest absolute Gasteiger partial charge is 0.478 e. The molecule has 0 aliphatic carbocycles. The van der Waals surface area contributed by atoms with Gasteiger partial charge < -0.3 is 4.74 Å². The van der Waals surface area contributed by atoms with Crippen LogP contribution in [0.15, 0.2) is 18.2 Å². The SMILES string of the molecule is Cc1ccc(C)c(OCN)c1. The molecule has 2 nitrogen and oxygen atoms in total. The van der Waals surface area contributed by atoms with Crippen molar-refractivity contribution in [2.45, 2.75) is 13.8 Å². The molecule has 0 saturated carbocycles. The van der Waals surface area contributed by atoms with Gasteiger partial charge in [0.1, 0.15) is 12.5 Å². The van der Waals surface area contributed by atoms with Gasteiger partial charge in [0.2, 0.25) is 0 Å². The van der Waals surface area contributed by atoms with Crippen molar-refractivity contribution in [3.05, 3.63) is 29.3 Å². The molecule has 0 aromatic heterocycles. The van der Waals surface area contributed by atoms with Gasteiger partial charge in [0, 0.05) is 0 Å². The lowest BCUT2D eigenvalue weighted by atomic mass is 10.1. The Morgan fingerprint density at radius 1 is 1.36 bits per heavy atom. The van der Waals surface area contributed by atoms with Crippen LogP contribution in [0.1, 0.15) is 11.1 Å². The lowest BCUT2D eigenvalue weighted by Crippen LogP contribution is -2.08. The molecule has 0 unspecified atom stereocenters. The van der Waals surface area contributed by atoms with Crippen LogP contribution in [0.5, 0.6) is 5.75 Å². The number of ether oxygens (including phenoxy) is 1. The van der Waals surface area contributed by atoms with E-state index in [0.29, 0.717) is 0 Å². The molecule has 1 rings (SSSR count). The van der Waals surface area contributed by atoms with Crippen molar-refractivity contribution in [1.82, 2.24) is 0 Å². The molecule has 2 N–H and O–H groups in total. The summed E-state index contributed by atoms with van der Waals surface area (Å²) < 4.78 is 5.20. The van der Waals surface area contributed by atoms with Crippen LogP contribution in [0.4, 0.5) is 0 Å². The van der Waals surface area contributed by atoms with Crippen molar-refractivity contribution < 1.29 is 4.74 Å². The molecule has 0 amide bonds. The molecule has 0 radical (unpaired) electrons. The topological polar surface area (TPSA) is 35.2 Å². The normalized spacial score (nSPS) is 9.73. The average Bonchev–Trinajstić information content (AvgIpc) is 1.98. The Hall–Kier alpha value is -1.02. The third-order valence-electron chi connectivity index (χ3n) is 1.58. The molecule has 2 heteroatoms. The molecule has 0 aliphatic heterocycles. The van der Waals surface area contributed by atoms with Crippen molar-refractivity contribution in [2.24, 2.45) is 5.73 Å². The Kier molecular flexibility index (Phi) is 2.49. The van der Waals surface area contributed by atoms with Gasteiger partial charge in [0.05, 0.1) is 0 Å². The minimum atomic E-state index is 0.240. The molecule has 0 aliphatic rings. The number of hydrogen-bond acceptors (Lipinski definition) is 2. The van der Waals surface area contributed by atoms with Gasteiger partial charge in [-0.05, 0) is 31.0 Å². The number of aryl methyl sites for hydroxylation is 2. The van der Waals surface area contributed by atoms with Crippen LogP contribution < -0.4 is 10.5 Å². The zero-order chi connectivity index (χ0) is 8.27. The molecule has 0 saturated heterocycles. The molecular formula is C9H13NO. The third-order valence-corrected chi connectivity index (χ3v) is 1.58. The van der Waals surface area contributed by atoms with Gasteiger partial charge in [-0.25, -0.2) is 0 Å². The summed E-state index contributed by atoms with van der Waals surface area (Å²) in [5.41, 5.74) is 7.58. The first-order valence-corrected chi connectivity index (χ1v) is 3.64. The molecular weight excluding hydrogens is 138 g/mol. The van der Waals surface area contributed by atoms with E-state index in [1.807, 2.05) is 26.0 Å². The van der Waals surface area contributed by atoms with Crippen LogP contribution in [-0.2, 0) is 0 Å². The molecule has 0 atom stereocenters. The van der Waals surface area contributed by atoms with Crippen LogP contribution in [0.25, 0.3) is 0 Å². The fraction of sp³-hybridized carbons (Fsp3) is 0.333. The number of benzene rings is 1. The van der Waals surface area contributed by atoms with Crippen molar-refractivity contribution in [2.75, 3.05) is 6.73 Å². The maximum atomic E-state index is 5.26. The Morgan fingerprint density at radius 3 is 2.73 bits per heavy atom. The van der Waals surface area contributed by atoms with Gasteiger partial charge in [0.25, 0.3) is 0 Å². The number of hydrogen-bond donors (Lipinski definition) is 1. The highest BCUT2D eigenvalue weighted by atomic mass is 16.5. The number of nitrogens with two attached hydrogens (primary N) is 1. The first-order chi connectivity index (χ1) is 5.24. The predicted octanol–water partition coefficient (Wildman–Crippen LogP) is 1.60. The fourth-order valence-corrected chi connectivity index (χ4v) is 0.953. The van der Waals surface area contributed by atoms with Crippen LogP contribution in [-0.4, -0.2) is 6.73 Å².